The summed E-state index contributed by atoms with van der Waals surface area (Å²) in [6.45, 7) is 4.53. The van der Waals surface area contributed by atoms with Crippen LogP contribution in [0.4, 0.5) is 5.69 Å². The van der Waals surface area contributed by atoms with Crippen molar-refractivity contribution in [2.45, 2.75) is 20.3 Å². The van der Waals surface area contributed by atoms with Crippen LogP contribution in [0.2, 0.25) is 0 Å². The highest BCUT2D eigenvalue weighted by Gasteiger charge is 2.15. The number of hydrogen-bond acceptors (Lipinski definition) is 4. The minimum absolute atomic E-state index is 0.168. The van der Waals surface area contributed by atoms with Crippen LogP contribution in [0.3, 0.4) is 0 Å². The van der Waals surface area contributed by atoms with Gasteiger partial charge in [-0.3, -0.25) is 14.9 Å². The SMILES string of the molecule is CC(C)CCOc1ccc(C=O)cc1[N+](=O)[O-]. The Morgan fingerprint density at radius 1 is 1.47 bits per heavy atom. The minimum Gasteiger partial charge on any atom is -0.487 e. The van der Waals surface area contributed by atoms with E-state index in [0.29, 0.717) is 18.8 Å². The van der Waals surface area contributed by atoms with Gasteiger partial charge in [0.05, 0.1) is 11.5 Å². The fourth-order valence-electron chi connectivity index (χ4n) is 1.28. The summed E-state index contributed by atoms with van der Waals surface area (Å²) < 4.78 is 5.35. The molecule has 0 atom stereocenters. The van der Waals surface area contributed by atoms with E-state index in [1.165, 1.54) is 18.2 Å². The van der Waals surface area contributed by atoms with E-state index in [9.17, 15) is 14.9 Å². The van der Waals surface area contributed by atoms with Crippen LogP contribution < -0.4 is 4.74 Å². The normalized spacial score (nSPS) is 10.3. The Bertz CT molecular complexity index is 415. The molecule has 92 valence electrons. The number of ether oxygens (including phenoxy) is 1. The maximum atomic E-state index is 10.8. The van der Waals surface area contributed by atoms with E-state index in [2.05, 4.69) is 0 Å². The Morgan fingerprint density at radius 2 is 2.18 bits per heavy atom. The lowest BCUT2D eigenvalue weighted by molar-refractivity contribution is -0.385. The fraction of sp³-hybridized carbons (Fsp3) is 0.417. The van der Waals surface area contributed by atoms with E-state index in [-0.39, 0.29) is 17.0 Å². The third kappa shape index (κ3) is 3.86. The molecule has 0 radical (unpaired) electrons. The molecular weight excluding hydrogens is 222 g/mol. The molecule has 0 amide bonds. The second-order valence-electron chi connectivity index (χ2n) is 4.13. The van der Waals surface area contributed by atoms with Gasteiger partial charge in [0.1, 0.15) is 6.29 Å². The summed E-state index contributed by atoms with van der Waals surface area (Å²) in [6, 6.07) is 4.19. The Morgan fingerprint density at radius 3 is 2.71 bits per heavy atom. The number of nitro groups is 1. The van der Waals surface area contributed by atoms with E-state index < -0.39 is 4.92 Å². The third-order valence-corrected chi connectivity index (χ3v) is 2.27. The first-order chi connectivity index (χ1) is 8.04. The lowest BCUT2D eigenvalue weighted by Gasteiger charge is -2.08. The highest BCUT2D eigenvalue weighted by atomic mass is 16.6. The standard InChI is InChI=1S/C12H15NO4/c1-9(2)5-6-17-12-4-3-10(8-14)7-11(12)13(15)16/h3-4,7-9H,5-6H2,1-2H3. The summed E-state index contributed by atoms with van der Waals surface area (Å²) >= 11 is 0. The molecule has 0 spiro atoms. The van der Waals surface area contributed by atoms with Gasteiger partial charge in [0.2, 0.25) is 0 Å². The number of nitro benzene ring substituents is 1. The monoisotopic (exact) mass is 237 g/mol. The highest BCUT2D eigenvalue weighted by molar-refractivity contribution is 5.77. The van der Waals surface area contributed by atoms with Crippen LogP contribution in [-0.2, 0) is 0 Å². The summed E-state index contributed by atoms with van der Waals surface area (Å²) in [6.07, 6.45) is 1.40. The molecule has 0 saturated carbocycles. The largest absolute Gasteiger partial charge is 0.487 e. The van der Waals surface area contributed by atoms with Gasteiger partial charge in [0.15, 0.2) is 5.75 Å². The molecule has 0 saturated heterocycles. The molecule has 0 bridgehead atoms. The number of rotatable bonds is 6. The molecule has 0 fully saturated rings. The van der Waals surface area contributed by atoms with Crippen molar-refractivity contribution in [2.75, 3.05) is 6.61 Å². The van der Waals surface area contributed by atoms with E-state index in [1.807, 2.05) is 13.8 Å². The van der Waals surface area contributed by atoms with Crippen LogP contribution in [0.15, 0.2) is 18.2 Å². The maximum Gasteiger partial charge on any atom is 0.311 e. The van der Waals surface area contributed by atoms with Gasteiger partial charge in [-0.2, -0.15) is 0 Å². The molecule has 0 aliphatic carbocycles. The fourth-order valence-corrected chi connectivity index (χ4v) is 1.28. The van der Waals surface area contributed by atoms with Crippen molar-refractivity contribution < 1.29 is 14.5 Å². The summed E-state index contributed by atoms with van der Waals surface area (Å²) in [4.78, 5) is 20.8. The molecule has 0 unspecified atom stereocenters. The molecule has 1 aromatic carbocycles. The zero-order valence-electron chi connectivity index (χ0n) is 9.88. The average molecular weight is 237 g/mol. The number of nitrogens with zero attached hydrogens (tertiary/aromatic N) is 1. The molecule has 0 aromatic heterocycles. The lowest BCUT2D eigenvalue weighted by Crippen LogP contribution is -2.03. The van der Waals surface area contributed by atoms with E-state index in [0.717, 1.165) is 6.42 Å². The molecule has 0 heterocycles. The molecule has 0 N–H and O–H groups in total. The number of carbonyl (C=O) groups is 1. The quantitative estimate of drug-likeness (QED) is 0.433. The minimum atomic E-state index is -0.544. The highest BCUT2D eigenvalue weighted by Crippen LogP contribution is 2.27. The predicted octanol–water partition coefficient (Wildman–Crippen LogP) is 2.83. The topological polar surface area (TPSA) is 69.4 Å². The maximum absolute atomic E-state index is 10.8. The van der Waals surface area contributed by atoms with Crippen molar-refractivity contribution in [1.82, 2.24) is 0 Å². The van der Waals surface area contributed by atoms with Gasteiger partial charge in [-0.15, -0.1) is 0 Å². The predicted molar refractivity (Wildman–Crippen MR) is 63.4 cm³/mol. The Labute approximate surface area is 99.5 Å². The zero-order chi connectivity index (χ0) is 12.8. The first-order valence-corrected chi connectivity index (χ1v) is 5.41. The third-order valence-electron chi connectivity index (χ3n) is 2.27. The van der Waals surface area contributed by atoms with Crippen LogP contribution in [0.25, 0.3) is 0 Å². The molecule has 17 heavy (non-hydrogen) atoms. The first-order valence-electron chi connectivity index (χ1n) is 5.41. The molecule has 0 aliphatic rings. The number of benzene rings is 1. The lowest BCUT2D eigenvalue weighted by atomic mass is 10.1. The average Bonchev–Trinajstić information content (AvgIpc) is 2.28. The van der Waals surface area contributed by atoms with Crippen molar-refractivity contribution in [2.24, 2.45) is 5.92 Å². The Balaban J connectivity index is 2.83. The van der Waals surface area contributed by atoms with Crippen molar-refractivity contribution in [3.8, 4) is 5.75 Å². The number of hydrogen-bond donors (Lipinski definition) is 0. The second kappa shape index (κ2) is 5.98. The molecule has 0 aliphatic heterocycles. The van der Waals surface area contributed by atoms with Crippen molar-refractivity contribution in [3.05, 3.63) is 33.9 Å². The van der Waals surface area contributed by atoms with Gasteiger partial charge in [-0.25, -0.2) is 0 Å². The second-order valence-corrected chi connectivity index (χ2v) is 4.13. The van der Waals surface area contributed by atoms with Gasteiger partial charge in [-0.05, 0) is 24.5 Å². The summed E-state index contributed by atoms with van der Waals surface area (Å²) in [5, 5.41) is 10.8. The summed E-state index contributed by atoms with van der Waals surface area (Å²) in [7, 11) is 0. The number of carbonyl (C=O) groups excluding carboxylic acids is 1. The molecule has 5 heteroatoms. The van der Waals surface area contributed by atoms with Crippen LogP contribution >= 0.6 is 0 Å². The Kier molecular flexibility index (Phi) is 4.63. The summed E-state index contributed by atoms with van der Waals surface area (Å²) in [5.74, 6) is 0.685. The van der Waals surface area contributed by atoms with Crippen LogP contribution in [-0.4, -0.2) is 17.8 Å². The van der Waals surface area contributed by atoms with E-state index in [4.69, 9.17) is 4.74 Å². The zero-order valence-corrected chi connectivity index (χ0v) is 9.88. The van der Waals surface area contributed by atoms with Gasteiger partial charge in [0, 0.05) is 11.6 Å². The van der Waals surface area contributed by atoms with Gasteiger partial charge in [0.25, 0.3) is 0 Å². The van der Waals surface area contributed by atoms with E-state index in [1.54, 1.807) is 0 Å². The smallest absolute Gasteiger partial charge is 0.311 e. The van der Waals surface area contributed by atoms with Crippen molar-refractivity contribution >= 4 is 12.0 Å². The van der Waals surface area contributed by atoms with Crippen LogP contribution in [0.1, 0.15) is 30.6 Å². The molecule has 5 nitrogen and oxygen atoms in total. The molecular formula is C12H15NO4. The first kappa shape index (κ1) is 13.2. The van der Waals surface area contributed by atoms with Gasteiger partial charge in [-0.1, -0.05) is 13.8 Å². The number of aldehydes is 1. The van der Waals surface area contributed by atoms with Crippen LogP contribution in [0, 0.1) is 16.0 Å². The van der Waals surface area contributed by atoms with Crippen LogP contribution in [0.5, 0.6) is 5.75 Å². The van der Waals surface area contributed by atoms with Gasteiger partial charge >= 0.3 is 5.69 Å². The molecule has 1 rings (SSSR count). The summed E-state index contributed by atoms with van der Waals surface area (Å²) in [5.41, 5.74) is 0.103. The van der Waals surface area contributed by atoms with E-state index >= 15 is 0 Å². The van der Waals surface area contributed by atoms with Gasteiger partial charge < -0.3 is 4.74 Å². The molecule has 1 aromatic rings. The van der Waals surface area contributed by atoms with Crippen molar-refractivity contribution in [1.29, 1.82) is 0 Å². The Hall–Kier alpha value is -1.91. The van der Waals surface area contributed by atoms with Crippen molar-refractivity contribution in [3.63, 3.8) is 0 Å².